The molecule has 1 rings (SSSR count). The number of nitrogens with one attached hydrogen (secondary N) is 1. The van der Waals surface area contributed by atoms with Crippen LogP contribution in [0.3, 0.4) is 0 Å². The summed E-state index contributed by atoms with van der Waals surface area (Å²) in [6.07, 6.45) is 0.337. The summed E-state index contributed by atoms with van der Waals surface area (Å²) in [5.74, 6) is 4.26. The minimum Gasteiger partial charge on any atom is -0.392 e. The summed E-state index contributed by atoms with van der Waals surface area (Å²) >= 11 is 0. The van der Waals surface area contributed by atoms with E-state index in [-0.39, 0.29) is 17.2 Å². The molecule has 100 valence electrons. The SMILES string of the molecule is CC(=O)NCCC#Cc1cc(F)cc([N+](=O)[O-])c1N. The summed E-state index contributed by atoms with van der Waals surface area (Å²) in [6, 6.07) is 1.78. The zero-order valence-corrected chi connectivity index (χ0v) is 10.2. The van der Waals surface area contributed by atoms with E-state index in [0.29, 0.717) is 13.0 Å². The maximum absolute atomic E-state index is 13.2. The second kappa shape index (κ2) is 6.35. The highest BCUT2D eigenvalue weighted by Gasteiger charge is 2.16. The van der Waals surface area contributed by atoms with Gasteiger partial charge >= 0.3 is 0 Å². The van der Waals surface area contributed by atoms with E-state index >= 15 is 0 Å². The molecule has 0 saturated carbocycles. The third-order valence-electron chi connectivity index (χ3n) is 2.17. The Morgan fingerprint density at radius 2 is 2.26 bits per heavy atom. The molecule has 1 aromatic carbocycles. The summed E-state index contributed by atoms with van der Waals surface area (Å²) in [7, 11) is 0. The number of hydrogen-bond acceptors (Lipinski definition) is 4. The number of nitrogens with zero attached hydrogens (tertiary/aromatic N) is 1. The van der Waals surface area contributed by atoms with E-state index in [1.165, 1.54) is 6.92 Å². The van der Waals surface area contributed by atoms with E-state index in [2.05, 4.69) is 17.2 Å². The molecule has 0 aromatic heterocycles. The van der Waals surface area contributed by atoms with E-state index in [0.717, 1.165) is 12.1 Å². The van der Waals surface area contributed by atoms with Crippen molar-refractivity contribution in [2.24, 2.45) is 0 Å². The fourth-order valence-electron chi connectivity index (χ4n) is 1.32. The predicted molar refractivity (Wildman–Crippen MR) is 67.6 cm³/mol. The van der Waals surface area contributed by atoms with Crippen molar-refractivity contribution >= 4 is 17.3 Å². The lowest BCUT2D eigenvalue weighted by Crippen LogP contribution is -2.20. The van der Waals surface area contributed by atoms with Crippen LogP contribution in [0, 0.1) is 27.8 Å². The summed E-state index contributed by atoms with van der Waals surface area (Å²) in [4.78, 5) is 20.5. The average Bonchev–Trinajstić information content (AvgIpc) is 2.31. The van der Waals surface area contributed by atoms with Crippen molar-refractivity contribution in [2.75, 3.05) is 12.3 Å². The van der Waals surface area contributed by atoms with Crippen molar-refractivity contribution in [2.45, 2.75) is 13.3 Å². The predicted octanol–water partition coefficient (Wildman–Crippen LogP) is 1.19. The summed E-state index contributed by atoms with van der Waals surface area (Å²) in [6.45, 7) is 1.72. The van der Waals surface area contributed by atoms with Crippen molar-refractivity contribution in [3.05, 3.63) is 33.6 Å². The number of halogens is 1. The van der Waals surface area contributed by atoms with Crippen molar-refractivity contribution in [1.82, 2.24) is 5.32 Å². The van der Waals surface area contributed by atoms with Gasteiger partial charge in [0.15, 0.2) is 0 Å². The Labute approximate surface area is 108 Å². The minimum absolute atomic E-state index is 0.0644. The van der Waals surface area contributed by atoms with Crippen molar-refractivity contribution in [1.29, 1.82) is 0 Å². The summed E-state index contributed by atoms with van der Waals surface area (Å²) < 4.78 is 13.2. The molecule has 1 amide bonds. The first-order chi connectivity index (χ1) is 8.91. The number of amides is 1. The van der Waals surface area contributed by atoms with Gasteiger partial charge in [0.25, 0.3) is 5.69 Å². The smallest absolute Gasteiger partial charge is 0.296 e. The molecular formula is C12H12FN3O3. The van der Waals surface area contributed by atoms with Gasteiger partial charge in [0.1, 0.15) is 11.5 Å². The van der Waals surface area contributed by atoms with Gasteiger partial charge in [-0.25, -0.2) is 4.39 Å². The Kier molecular flexibility index (Phi) is 4.83. The van der Waals surface area contributed by atoms with Crippen molar-refractivity contribution in [3.63, 3.8) is 0 Å². The molecule has 7 heteroatoms. The third kappa shape index (κ3) is 4.27. The number of benzene rings is 1. The van der Waals surface area contributed by atoms with Gasteiger partial charge in [-0.2, -0.15) is 0 Å². The van der Waals surface area contributed by atoms with Crippen LogP contribution in [-0.4, -0.2) is 17.4 Å². The topological polar surface area (TPSA) is 98.3 Å². The number of nitro benzene ring substituents is 1. The molecule has 0 fully saturated rings. The lowest BCUT2D eigenvalue weighted by atomic mass is 10.1. The fraction of sp³-hybridized carbons (Fsp3) is 0.250. The Balaban J connectivity index is 2.87. The number of carbonyl (C=O) groups is 1. The molecule has 0 bridgehead atoms. The number of rotatable bonds is 3. The van der Waals surface area contributed by atoms with Crippen LogP contribution in [0.25, 0.3) is 0 Å². The minimum atomic E-state index is -0.771. The molecule has 1 aromatic rings. The molecule has 0 atom stereocenters. The lowest BCUT2D eigenvalue weighted by molar-refractivity contribution is -0.384. The summed E-state index contributed by atoms with van der Waals surface area (Å²) in [5.41, 5.74) is 4.92. The molecule has 0 radical (unpaired) electrons. The van der Waals surface area contributed by atoms with Crippen molar-refractivity contribution in [3.8, 4) is 11.8 Å². The number of hydrogen-bond donors (Lipinski definition) is 2. The molecule has 0 aliphatic rings. The molecule has 0 saturated heterocycles. The number of anilines is 1. The highest BCUT2D eigenvalue weighted by atomic mass is 19.1. The average molecular weight is 265 g/mol. The van der Waals surface area contributed by atoms with Crippen LogP contribution in [0.15, 0.2) is 12.1 Å². The van der Waals surface area contributed by atoms with Gasteiger partial charge < -0.3 is 11.1 Å². The normalized spacial score (nSPS) is 9.37. The Morgan fingerprint density at radius 3 is 2.84 bits per heavy atom. The van der Waals surface area contributed by atoms with Crippen LogP contribution in [0.1, 0.15) is 18.9 Å². The quantitative estimate of drug-likeness (QED) is 0.282. The maximum Gasteiger partial charge on any atom is 0.296 e. The van der Waals surface area contributed by atoms with E-state index in [4.69, 9.17) is 5.73 Å². The van der Waals surface area contributed by atoms with Crippen LogP contribution in [0.4, 0.5) is 15.8 Å². The van der Waals surface area contributed by atoms with E-state index < -0.39 is 16.4 Å². The summed E-state index contributed by atoms with van der Waals surface area (Å²) in [5, 5.41) is 13.2. The van der Waals surface area contributed by atoms with Gasteiger partial charge in [-0.3, -0.25) is 14.9 Å². The second-order valence-electron chi connectivity index (χ2n) is 3.68. The molecular weight excluding hydrogens is 253 g/mol. The molecule has 0 heterocycles. The number of nitro groups is 1. The molecule has 19 heavy (non-hydrogen) atoms. The second-order valence-corrected chi connectivity index (χ2v) is 3.68. The standard InChI is InChI=1S/C12H12FN3O3/c1-8(17)15-5-3-2-4-9-6-10(13)7-11(12(9)14)16(18)19/h6-7H,3,5,14H2,1H3,(H,15,17). The van der Waals surface area contributed by atoms with Crippen LogP contribution < -0.4 is 11.1 Å². The van der Waals surface area contributed by atoms with Crippen LogP contribution in [-0.2, 0) is 4.79 Å². The highest BCUT2D eigenvalue weighted by Crippen LogP contribution is 2.25. The first kappa shape index (κ1) is 14.4. The number of carbonyl (C=O) groups excluding carboxylic acids is 1. The van der Waals surface area contributed by atoms with E-state index in [9.17, 15) is 19.3 Å². The van der Waals surface area contributed by atoms with Gasteiger partial charge in [0, 0.05) is 19.9 Å². The van der Waals surface area contributed by atoms with Gasteiger partial charge in [0.2, 0.25) is 5.91 Å². The zero-order valence-electron chi connectivity index (χ0n) is 10.2. The molecule has 0 aliphatic carbocycles. The highest BCUT2D eigenvalue weighted by molar-refractivity contribution is 5.72. The van der Waals surface area contributed by atoms with Gasteiger partial charge in [-0.1, -0.05) is 11.8 Å². The largest absolute Gasteiger partial charge is 0.392 e. The molecule has 3 N–H and O–H groups in total. The number of nitrogens with two attached hydrogens (primary N) is 1. The molecule has 6 nitrogen and oxygen atoms in total. The van der Waals surface area contributed by atoms with E-state index in [1.54, 1.807) is 0 Å². The van der Waals surface area contributed by atoms with Gasteiger partial charge in [-0.15, -0.1) is 0 Å². The van der Waals surface area contributed by atoms with Crippen molar-refractivity contribution < 1.29 is 14.1 Å². The number of nitrogen functional groups attached to an aromatic ring is 1. The molecule has 0 unspecified atom stereocenters. The monoisotopic (exact) mass is 265 g/mol. The van der Waals surface area contributed by atoms with Gasteiger partial charge in [-0.05, 0) is 6.07 Å². The maximum atomic E-state index is 13.2. The molecule has 0 spiro atoms. The molecule has 0 aliphatic heterocycles. The fourth-order valence-corrected chi connectivity index (χ4v) is 1.32. The van der Waals surface area contributed by atoms with Gasteiger partial charge in [0.05, 0.1) is 16.6 Å². The zero-order chi connectivity index (χ0) is 14.4. The Hall–Kier alpha value is -2.62. The lowest BCUT2D eigenvalue weighted by Gasteiger charge is -2.00. The van der Waals surface area contributed by atoms with E-state index in [1.807, 2.05) is 0 Å². The first-order valence-corrected chi connectivity index (χ1v) is 5.38. The third-order valence-corrected chi connectivity index (χ3v) is 2.17. The first-order valence-electron chi connectivity index (χ1n) is 5.38. The Morgan fingerprint density at radius 1 is 1.58 bits per heavy atom. The Bertz CT molecular complexity index is 576. The van der Waals surface area contributed by atoms with Crippen LogP contribution in [0.5, 0.6) is 0 Å². The van der Waals surface area contributed by atoms with Crippen LogP contribution in [0.2, 0.25) is 0 Å². The van der Waals surface area contributed by atoms with Crippen LogP contribution >= 0.6 is 0 Å².